The molecule has 0 unspecified atom stereocenters. The number of nitrogens with zero attached hydrogens (tertiary/aromatic N) is 3. The maximum absolute atomic E-state index is 12.4. The summed E-state index contributed by atoms with van der Waals surface area (Å²) in [6.07, 6.45) is 0.793. The van der Waals surface area contributed by atoms with Crippen LogP contribution < -0.4 is 10.6 Å². The van der Waals surface area contributed by atoms with Crippen LogP contribution >= 0.6 is 0 Å². The second-order valence-electron chi connectivity index (χ2n) is 6.59. The first-order valence-corrected chi connectivity index (χ1v) is 9.42. The summed E-state index contributed by atoms with van der Waals surface area (Å²) in [4.78, 5) is 23.5. The van der Waals surface area contributed by atoms with Crippen LogP contribution in [0.4, 0.5) is 5.95 Å². The summed E-state index contributed by atoms with van der Waals surface area (Å²) < 4.78 is 5.35. The minimum absolute atomic E-state index is 0.173. The zero-order chi connectivity index (χ0) is 18.9. The van der Waals surface area contributed by atoms with Gasteiger partial charge in [-0.1, -0.05) is 30.3 Å². The zero-order valence-electron chi connectivity index (χ0n) is 15.8. The van der Waals surface area contributed by atoms with Crippen LogP contribution in [0.25, 0.3) is 0 Å². The van der Waals surface area contributed by atoms with Crippen LogP contribution in [0.3, 0.4) is 0 Å². The molecule has 1 aromatic heterocycles. The molecule has 3 rings (SSSR count). The fourth-order valence-electron chi connectivity index (χ4n) is 2.97. The van der Waals surface area contributed by atoms with Crippen LogP contribution in [0.15, 0.2) is 36.4 Å². The topological polar surface area (TPSA) is 79.4 Å². The van der Waals surface area contributed by atoms with Gasteiger partial charge in [0.15, 0.2) is 0 Å². The van der Waals surface area contributed by atoms with Gasteiger partial charge in [0.25, 0.3) is 5.91 Å². The number of hydrogen-bond donors (Lipinski definition) is 2. The second kappa shape index (κ2) is 9.99. The van der Waals surface area contributed by atoms with Crippen molar-refractivity contribution in [3.63, 3.8) is 0 Å². The molecule has 0 aliphatic carbocycles. The van der Waals surface area contributed by atoms with Crippen molar-refractivity contribution in [2.24, 2.45) is 0 Å². The van der Waals surface area contributed by atoms with E-state index >= 15 is 0 Å². The molecule has 2 heterocycles. The van der Waals surface area contributed by atoms with Gasteiger partial charge in [-0.25, -0.2) is 9.97 Å². The van der Waals surface area contributed by atoms with Crippen LogP contribution in [0.2, 0.25) is 0 Å². The Balaban J connectivity index is 1.48. The Bertz CT molecular complexity index is 732. The Morgan fingerprint density at radius 1 is 1.15 bits per heavy atom. The molecule has 0 radical (unpaired) electrons. The Labute approximate surface area is 160 Å². The molecular formula is C20H27N5O2. The SMILES string of the molecule is Cc1cc(C(=O)NCCc2ccccc2)nc(NCCN2CCOCC2)n1. The quantitative estimate of drug-likeness (QED) is 0.734. The number of nitrogens with one attached hydrogen (secondary N) is 2. The standard InChI is InChI=1S/C20H27N5O2/c1-16-15-18(19(26)21-8-7-17-5-3-2-4-6-17)24-20(23-16)22-9-10-25-11-13-27-14-12-25/h2-6,15H,7-14H2,1H3,(H,21,26)(H,22,23,24). The van der Waals surface area contributed by atoms with E-state index in [-0.39, 0.29) is 5.91 Å². The highest BCUT2D eigenvalue weighted by atomic mass is 16.5. The molecule has 27 heavy (non-hydrogen) atoms. The van der Waals surface area contributed by atoms with Gasteiger partial charge in [-0.2, -0.15) is 0 Å². The molecule has 1 aliphatic rings. The van der Waals surface area contributed by atoms with Crippen LogP contribution in [-0.2, 0) is 11.2 Å². The minimum Gasteiger partial charge on any atom is -0.379 e. The predicted octanol–water partition coefficient (Wildman–Crippen LogP) is 1.50. The van der Waals surface area contributed by atoms with Gasteiger partial charge in [0.2, 0.25) is 5.95 Å². The lowest BCUT2D eigenvalue weighted by Gasteiger charge is -2.26. The lowest BCUT2D eigenvalue weighted by molar-refractivity contribution is 0.0398. The number of morpholine rings is 1. The molecule has 1 aliphatic heterocycles. The summed E-state index contributed by atoms with van der Waals surface area (Å²) in [6, 6.07) is 11.8. The van der Waals surface area contributed by atoms with Crippen molar-refractivity contribution in [1.82, 2.24) is 20.2 Å². The molecule has 1 amide bonds. The molecule has 0 spiro atoms. The van der Waals surface area contributed by atoms with Gasteiger partial charge in [0.1, 0.15) is 5.69 Å². The third-order valence-electron chi connectivity index (χ3n) is 4.44. The Morgan fingerprint density at radius 2 is 1.93 bits per heavy atom. The molecule has 144 valence electrons. The zero-order valence-corrected chi connectivity index (χ0v) is 15.8. The molecule has 2 aromatic rings. The summed E-state index contributed by atoms with van der Waals surface area (Å²) in [6.45, 7) is 7.55. The average Bonchev–Trinajstić information content (AvgIpc) is 2.69. The van der Waals surface area contributed by atoms with E-state index in [0.29, 0.717) is 18.2 Å². The van der Waals surface area contributed by atoms with E-state index < -0.39 is 0 Å². The highest BCUT2D eigenvalue weighted by Gasteiger charge is 2.12. The van der Waals surface area contributed by atoms with E-state index in [2.05, 4.69) is 37.6 Å². The molecular weight excluding hydrogens is 342 g/mol. The summed E-state index contributed by atoms with van der Waals surface area (Å²) in [7, 11) is 0. The van der Waals surface area contributed by atoms with Crippen molar-refractivity contribution in [3.05, 3.63) is 53.3 Å². The van der Waals surface area contributed by atoms with Crippen molar-refractivity contribution in [2.75, 3.05) is 51.3 Å². The highest BCUT2D eigenvalue weighted by Crippen LogP contribution is 2.06. The lowest BCUT2D eigenvalue weighted by atomic mass is 10.1. The number of hydrogen-bond acceptors (Lipinski definition) is 6. The lowest BCUT2D eigenvalue weighted by Crippen LogP contribution is -2.39. The normalized spacial score (nSPS) is 14.7. The third kappa shape index (κ3) is 6.30. The van der Waals surface area contributed by atoms with Crippen LogP contribution in [0.5, 0.6) is 0 Å². The fraction of sp³-hybridized carbons (Fsp3) is 0.450. The van der Waals surface area contributed by atoms with Gasteiger partial charge in [0, 0.05) is 38.4 Å². The summed E-state index contributed by atoms with van der Waals surface area (Å²) in [5.41, 5.74) is 2.36. The predicted molar refractivity (Wildman–Crippen MR) is 105 cm³/mol. The number of carbonyl (C=O) groups is 1. The first-order valence-electron chi connectivity index (χ1n) is 9.42. The molecule has 7 nitrogen and oxygen atoms in total. The largest absolute Gasteiger partial charge is 0.379 e. The van der Waals surface area contributed by atoms with Crippen molar-refractivity contribution in [1.29, 1.82) is 0 Å². The Kier molecular flexibility index (Phi) is 7.12. The Morgan fingerprint density at radius 3 is 2.70 bits per heavy atom. The third-order valence-corrected chi connectivity index (χ3v) is 4.44. The van der Waals surface area contributed by atoms with Crippen LogP contribution in [0, 0.1) is 6.92 Å². The van der Waals surface area contributed by atoms with E-state index in [1.165, 1.54) is 5.56 Å². The molecule has 7 heteroatoms. The number of rotatable bonds is 8. The van der Waals surface area contributed by atoms with E-state index in [4.69, 9.17) is 4.74 Å². The number of benzene rings is 1. The summed E-state index contributed by atoms with van der Waals surface area (Å²) in [5, 5.41) is 6.16. The molecule has 0 saturated carbocycles. The van der Waals surface area contributed by atoms with Crippen molar-refractivity contribution in [3.8, 4) is 0 Å². The molecule has 0 bridgehead atoms. The van der Waals surface area contributed by atoms with Crippen LogP contribution in [0.1, 0.15) is 21.7 Å². The van der Waals surface area contributed by atoms with Crippen LogP contribution in [-0.4, -0.2) is 66.7 Å². The number of aryl methyl sites for hydroxylation is 1. The first kappa shape index (κ1) is 19.3. The molecule has 0 atom stereocenters. The smallest absolute Gasteiger partial charge is 0.270 e. The molecule has 1 saturated heterocycles. The second-order valence-corrected chi connectivity index (χ2v) is 6.59. The van der Waals surface area contributed by atoms with Crippen molar-refractivity contribution < 1.29 is 9.53 Å². The van der Waals surface area contributed by atoms with Crippen molar-refractivity contribution in [2.45, 2.75) is 13.3 Å². The number of ether oxygens (including phenoxy) is 1. The van der Waals surface area contributed by atoms with Gasteiger partial charge in [-0.3, -0.25) is 9.69 Å². The van der Waals surface area contributed by atoms with E-state index in [1.54, 1.807) is 6.07 Å². The van der Waals surface area contributed by atoms with Gasteiger partial charge < -0.3 is 15.4 Å². The van der Waals surface area contributed by atoms with Gasteiger partial charge in [-0.05, 0) is 25.0 Å². The monoisotopic (exact) mass is 369 g/mol. The Hall–Kier alpha value is -2.51. The van der Waals surface area contributed by atoms with E-state index in [1.807, 2.05) is 25.1 Å². The highest BCUT2D eigenvalue weighted by molar-refractivity contribution is 5.92. The summed E-state index contributed by atoms with van der Waals surface area (Å²) >= 11 is 0. The minimum atomic E-state index is -0.173. The van der Waals surface area contributed by atoms with E-state index in [9.17, 15) is 4.79 Å². The van der Waals surface area contributed by atoms with E-state index in [0.717, 1.165) is 51.5 Å². The molecule has 2 N–H and O–H groups in total. The van der Waals surface area contributed by atoms with Gasteiger partial charge in [-0.15, -0.1) is 0 Å². The number of carbonyl (C=O) groups excluding carboxylic acids is 1. The maximum Gasteiger partial charge on any atom is 0.270 e. The number of anilines is 1. The maximum atomic E-state index is 12.4. The average molecular weight is 369 g/mol. The fourth-order valence-corrected chi connectivity index (χ4v) is 2.97. The van der Waals surface area contributed by atoms with Crippen molar-refractivity contribution >= 4 is 11.9 Å². The first-order chi connectivity index (χ1) is 13.2. The number of aromatic nitrogens is 2. The summed E-state index contributed by atoms with van der Waals surface area (Å²) in [5.74, 6) is 0.323. The molecule has 1 fully saturated rings. The molecule has 1 aromatic carbocycles. The van der Waals surface area contributed by atoms with Gasteiger partial charge in [0.05, 0.1) is 13.2 Å². The van der Waals surface area contributed by atoms with Gasteiger partial charge >= 0.3 is 0 Å². The number of amides is 1.